The molecule has 0 aromatic heterocycles. The van der Waals surface area contributed by atoms with Crippen LogP contribution in [0.15, 0.2) is 12.7 Å². The number of hydrogen-bond acceptors (Lipinski definition) is 5. The van der Waals surface area contributed by atoms with Crippen LogP contribution in [0.5, 0.6) is 0 Å². The number of ether oxygens (including phenoxy) is 2. The average molecular weight is 201 g/mol. The van der Waals surface area contributed by atoms with Crippen LogP contribution < -0.4 is 5.32 Å². The van der Waals surface area contributed by atoms with Crippen LogP contribution in [0, 0.1) is 0 Å². The van der Waals surface area contributed by atoms with E-state index in [1.807, 2.05) is 0 Å². The first kappa shape index (κ1) is 12.6. The van der Waals surface area contributed by atoms with Gasteiger partial charge in [-0.05, 0) is 0 Å². The van der Waals surface area contributed by atoms with E-state index in [0.29, 0.717) is 6.54 Å². The summed E-state index contributed by atoms with van der Waals surface area (Å²) in [6.07, 6.45) is 1.50. The Morgan fingerprint density at radius 1 is 1.43 bits per heavy atom. The molecule has 14 heavy (non-hydrogen) atoms. The van der Waals surface area contributed by atoms with Gasteiger partial charge >= 0.3 is 11.9 Å². The minimum absolute atomic E-state index is 0.106. The first-order chi connectivity index (χ1) is 6.66. The van der Waals surface area contributed by atoms with E-state index in [1.54, 1.807) is 0 Å². The molecule has 0 atom stereocenters. The summed E-state index contributed by atoms with van der Waals surface area (Å²) in [5.41, 5.74) is 0. The van der Waals surface area contributed by atoms with E-state index >= 15 is 0 Å². The van der Waals surface area contributed by atoms with Crippen LogP contribution in [0.1, 0.15) is 6.92 Å². The van der Waals surface area contributed by atoms with Crippen molar-refractivity contribution in [2.45, 2.75) is 6.92 Å². The predicted molar refractivity (Wildman–Crippen MR) is 50.7 cm³/mol. The van der Waals surface area contributed by atoms with Gasteiger partial charge in [0.25, 0.3) is 0 Å². The molecular weight excluding hydrogens is 186 g/mol. The molecule has 0 aliphatic rings. The van der Waals surface area contributed by atoms with Crippen LogP contribution in [0.2, 0.25) is 0 Å². The summed E-state index contributed by atoms with van der Waals surface area (Å²) >= 11 is 0. The second kappa shape index (κ2) is 8.25. The fraction of sp³-hybridized carbons (Fsp3) is 0.556. The molecule has 5 nitrogen and oxygen atoms in total. The maximum atomic E-state index is 10.9. The minimum Gasteiger partial charge on any atom is -0.465 e. The second-order valence-electron chi connectivity index (χ2n) is 2.49. The fourth-order valence-electron chi connectivity index (χ4n) is 0.660. The normalized spacial score (nSPS) is 9.21. The van der Waals surface area contributed by atoms with Crippen LogP contribution in [-0.4, -0.2) is 38.2 Å². The molecular formula is C9H15NO4. The smallest absolute Gasteiger partial charge is 0.320 e. The molecule has 0 amide bonds. The van der Waals surface area contributed by atoms with Crippen molar-refractivity contribution in [2.24, 2.45) is 0 Å². The number of hydrogen-bond donors (Lipinski definition) is 1. The molecule has 0 spiro atoms. The van der Waals surface area contributed by atoms with Crippen LogP contribution >= 0.6 is 0 Å². The quantitative estimate of drug-likeness (QED) is 0.353. The molecule has 0 saturated heterocycles. The third-order valence-electron chi connectivity index (χ3n) is 1.22. The lowest BCUT2D eigenvalue weighted by molar-refractivity contribution is -0.141. The van der Waals surface area contributed by atoms with E-state index < -0.39 is 0 Å². The maximum Gasteiger partial charge on any atom is 0.320 e. The summed E-state index contributed by atoms with van der Waals surface area (Å²) in [6, 6.07) is 0. The van der Waals surface area contributed by atoms with Gasteiger partial charge < -0.3 is 14.8 Å². The van der Waals surface area contributed by atoms with E-state index in [0.717, 1.165) is 0 Å². The van der Waals surface area contributed by atoms with Crippen molar-refractivity contribution in [3.63, 3.8) is 0 Å². The van der Waals surface area contributed by atoms with E-state index in [-0.39, 0.29) is 31.7 Å². The Hall–Kier alpha value is -1.36. The van der Waals surface area contributed by atoms with Crippen molar-refractivity contribution in [3.05, 3.63) is 12.7 Å². The van der Waals surface area contributed by atoms with Gasteiger partial charge in [0.2, 0.25) is 0 Å². The minimum atomic E-state index is -0.354. The van der Waals surface area contributed by atoms with E-state index in [9.17, 15) is 9.59 Å². The van der Waals surface area contributed by atoms with Crippen LogP contribution in [-0.2, 0) is 19.1 Å². The molecule has 0 aliphatic carbocycles. The van der Waals surface area contributed by atoms with Gasteiger partial charge in [-0.2, -0.15) is 0 Å². The average Bonchev–Trinajstić information content (AvgIpc) is 2.13. The lowest BCUT2D eigenvalue weighted by atomic mass is 10.6. The highest BCUT2D eigenvalue weighted by atomic mass is 16.5. The van der Waals surface area contributed by atoms with Crippen molar-refractivity contribution >= 4 is 11.9 Å². The Morgan fingerprint density at radius 3 is 2.71 bits per heavy atom. The summed E-state index contributed by atoms with van der Waals surface area (Å²) in [7, 11) is 0. The zero-order valence-electron chi connectivity index (χ0n) is 8.25. The highest BCUT2D eigenvalue weighted by Crippen LogP contribution is 1.78. The summed E-state index contributed by atoms with van der Waals surface area (Å²) in [5.74, 6) is -0.686. The molecule has 0 aromatic rings. The van der Waals surface area contributed by atoms with E-state index in [2.05, 4.69) is 16.6 Å². The number of esters is 2. The Labute approximate surface area is 83.1 Å². The molecule has 0 aromatic carbocycles. The van der Waals surface area contributed by atoms with Crippen molar-refractivity contribution in [1.29, 1.82) is 0 Å². The van der Waals surface area contributed by atoms with Gasteiger partial charge in [-0.1, -0.05) is 12.7 Å². The van der Waals surface area contributed by atoms with Gasteiger partial charge in [-0.15, -0.1) is 0 Å². The molecule has 0 unspecified atom stereocenters. The number of carbonyl (C=O) groups is 2. The number of carbonyl (C=O) groups excluding carboxylic acids is 2. The highest BCUT2D eigenvalue weighted by Gasteiger charge is 2.00. The molecule has 0 rings (SSSR count). The van der Waals surface area contributed by atoms with Crippen molar-refractivity contribution in [1.82, 2.24) is 5.32 Å². The van der Waals surface area contributed by atoms with Crippen LogP contribution in [0.3, 0.4) is 0 Å². The van der Waals surface area contributed by atoms with Gasteiger partial charge in [-0.3, -0.25) is 9.59 Å². The van der Waals surface area contributed by atoms with Crippen molar-refractivity contribution in [3.8, 4) is 0 Å². The highest BCUT2D eigenvalue weighted by molar-refractivity contribution is 5.71. The van der Waals surface area contributed by atoms with Gasteiger partial charge in [0, 0.05) is 13.5 Å². The van der Waals surface area contributed by atoms with Gasteiger partial charge in [0.15, 0.2) is 0 Å². The largest absolute Gasteiger partial charge is 0.465 e. The molecule has 80 valence electrons. The molecule has 0 heterocycles. The predicted octanol–water partition coefficient (Wildman–Crippen LogP) is -0.132. The lowest BCUT2D eigenvalue weighted by Crippen LogP contribution is -2.28. The van der Waals surface area contributed by atoms with Crippen molar-refractivity contribution in [2.75, 3.05) is 26.3 Å². The molecule has 0 saturated carbocycles. The lowest BCUT2D eigenvalue weighted by Gasteiger charge is -2.04. The summed E-state index contributed by atoms with van der Waals surface area (Å²) in [5, 5.41) is 2.76. The van der Waals surface area contributed by atoms with Crippen molar-refractivity contribution < 1.29 is 19.1 Å². The van der Waals surface area contributed by atoms with E-state index in [1.165, 1.54) is 13.0 Å². The summed E-state index contributed by atoms with van der Waals surface area (Å²) in [6.45, 7) is 5.74. The zero-order chi connectivity index (χ0) is 10.8. The Morgan fingerprint density at radius 2 is 2.14 bits per heavy atom. The maximum absolute atomic E-state index is 10.9. The summed E-state index contributed by atoms with van der Waals surface area (Å²) in [4.78, 5) is 21.2. The molecule has 0 radical (unpaired) electrons. The first-order valence-electron chi connectivity index (χ1n) is 4.27. The standard InChI is InChI=1S/C9H15NO4/c1-3-5-14-9(12)7-10-4-6-13-8(2)11/h3,10H,1,4-7H2,2H3. The third-order valence-corrected chi connectivity index (χ3v) is 1.22. The molecule has 1 N–H and O–H groups in total. The Balaban J connectivity index is 3.22. The van der Waals surface area contributed by atoms with Crippen LogP contribution in [0.25, 0.3) is 0 Å². The monoisotopic (exact) mass is 201 g/mol. The molecule has 0 fully saturated rings. The van der Waals surface area contributed by atoms with Gasteiger partial charge in [-0.25, -0.2) is 0 Å². The Bertz CT molecular complexity index is 203. The molecule has 0 aliphatic heterocycles. The fourth-order valence-corrected chi connectivity index (χ4v) is 0.660. The first-order valence-corrected chi connectivity index (χ1v) is 4.27. The van der Waals surface area contributed by atoms with Gasteiger partial charge in [0.1, 0.15) is 13.2 Å². The van der Waals surface area contributed by atoms with E-state index in [4.69, 9.17) is 4.74 Å². The second-order valence-corrected chi connectivity index (χ2v) is 2.49. The zero-order valence-corrected chi connectivity index (χ0v) is 8.25. The number of rotatable bonds is 7. The number of nitrogens with one attached hydrogen (secondary N) is 1. The van der Waals surface area contributed by atoms with Gasteiger partial charge in [0.05, 0.1) is 6.54 Å². The SMILES string of the molecule is C=CCOC(=O)CNCCOC(C)=O. The topological polar surface area (TPSA) is 64.6 Å². The molecule has 0 bridgehead atoms. The summed E-state index contributed by atoms with van der Waals surface area (Å²) < 4.78 is 9.33. The van der Waals surface area contributed by atoms with Crippen LogP contribution in [0.4, 0.5) is 0 Å². The third kappa shape index (κ3) is 8.73. The Kier molecular flexibility index (Phi) is 7.45. The molecule has 5 heteroatoms.